The van der Waals surface area contributed by atoms with Gasteiger partial charge in [-0.15, -0.1) is 10.2 Å². The molecule has 21 heavy (non-hydrogen) atoms. The fraction of sp³-hybridized carbons (Fsp3) is 0.467. The van der Waals surface area contributed by atoms with Crippen LogP contribution in [0.25, 0.3) is 10.6 Å². The van der Waals surface area contributed by atoms with Crippen LogP contribution in [-0.2, 0) is 6.42 Å². The van der Waals surface area contributed by atoms with Crippen LogP contribution < -0.4 is 10.1 Å². The van der Waals surface area contributed by atoms with Gasteiger partial charge in [0.2, 0.25) is 0 Å². The number of nitrogens with zero attached hydrogens (tertiary/aromatic N) is 2. The number of halogens is 1. The first-order chi connectivity index (χ1) is 9.89. The average Bonchev–Trinajstić information content (AvgIpc) is 2.85. The molecule has 4 nitrogen and oxygen atoms in total. The molecule has 2 rings (SSSR count). The highest BCUT2D eigenvalue weighted by molar-refractivity contribution is 7.14. The van der Waals surface area contributed by atoms with Crippen LogP contribution in [0.15, 0.2) is 18.2 Å². The molecule has 1 aromatic heterocycles. The Labute approximate surface area is 128 Å². The molecule has 0 bridgehead atoms. The second-order valence-corrected chi connectivity index (χ2v) is 6.84. The maximum Gasteiger partial charge on any atom is 0.150 e. The van der Waals surface area contributed by atoms with Crippen molar-refractivity contribution in [1.29, 1.82) is 0 Å². The summed E-state index contributed by atoms with van der Waals surface area (Å²) in [6.07, 6.45) is 0.784. The van der Waals surface area contributed by atoms with Crippen molar-refractivity contribution in [3.05, 3.63) is 29.0 Å². The number of hydrogen-bond donors (Lipinski definition) is 1. The fourth-order valence-electron chi connectivity index (χ4n) is 1.80. The first kappa shape index (κ1) is 15.9. The Morgan fingerprint density at radius 2 is 2.05 bits per heavy atom. The highest BCUT2D eigenvalue weighted by Crippen LogP contribution is 2.28. The van der Waals surface area contributed by atoms with E-state index in [2.05, 4.69) is 36.3 Å². The molecule has 0 radical (unpaired) electrons. The summed E-state index contributed by atoms with van der Waals surface area (Å²) in [5.74, 6) is 0.153. The molecule has 0 saturated heterocycles. The minimum atomic E-state index is -0.343. The van der Waals surface area contributed by atoms with E-state index in [4.69, 9.17) is 4.74 Å². The van der Waals surface area contributed by atoms with Gasteiger partial charge < -0.3 is 10.1 Å². The Hall–Kier alpha value is -1.53. The van der Waals surface area contributed by atoms with Gasteiger partial charge in [0.15, 0.2) is 5.01 Å². The van der Waals surface area contributed by atoms with E-state index >= 15 is 0 Å². The topological polar surface area (TPSA) is 47.0 Å². The number of benzene rings is 1. The second kappa shape index (κ2) is 6.49. The summed E-state index contributed by atoms with van der Waals surface area (Å²) in [7, 11) is 1.51. The highest BCUT2D eigenvalue weighted by Gasteiger charge is 2.13. The molecule has 0 saturated carbocycles. The Morgan fingerprint density at radius 1 is 1.29 bits per heavy atom. The summed E-state index contributed by atoms with van der Waals surface area (Å²) in [4.78, 5) is 0. The zero-order valence-corrected chi connectivity index (χ0v) is 13.6. The van der Waals surface area contributed by atoms with Crippen molar-refractivity contribution < 1.29 is 9.13 Å². The van der Waals surface area contributed by atoms with Gasteiger partial charge in [-0.2, -0.15) is 0 Å². The molecule has 6 heteroatoms. The molecule has 1 N–H and O–H groups in total. The zero-order chi connectivity index (χ0) is 15.5. The third kappa shape index (κ3) is 4.47. The molecule has 0 amide bonds. The van der Waals surface area contributed by atoms with E-state index in [0.29, 0.717) is 16.3 Å². The van der Waals surface area contributed by atoms with E-state index in [1.54, 1.807) is 12.1 Å². The molecule has 0 aliphatic carbocycles. The zero-order valence-electron chi connectivity index (χ0n) is 12.7. The van der Waals surface area contributed by atoms with Crippen LogP contribution in [0.5, 0.6) is 5.75 Å². The third-order valence-corrected chi connectivity index (χ3v) is 3.88. The predicted molar refractivity (Wildman–Crippen MR) is 83.3 cm³/mol. The summed E-state index contributed by atoms with van der Waals surface area (Å²) in [6.45, 7) is 7.17. The lowest BCUT2D eigenvalue weighted by atomic mass is 10.1. The summed E-state index contributed by atoms with van der Waals surface area (Å²) < 4.78 is 19.0. The molecule has 114 valence electrons. The van der Waals surface area contributed by atoms with Crippen molar-refractivity contribution in [3.8, 4) is 16.3 Å². The predicted octanol–water partition coefficient (Wildman–Crippen LogP) is 3.28. The van der Waals surface area contributed by atoms with Crippen molar-refractivity contribution in [3.63, 3.8) is 0 Å². The van der Waals surface area contributed by atoms with Crippen molar-refractivity contribution >= 4 is 11.3 Å². The molecular formula is C15H20FN3OS. The largest absolute Gasteiger partial charge is 0.497 e. The smallest absolute Gasteiger partial charge is 0.150 e. The van der Waals surface area contributed by atoms with Gasteiger partial charge in [-0.05, 0) is 32.9 Å². The molecule has 2 aromatic rings. The van der Waals surface area contributed by atoms with E-state index in [-0.39, 0.29) is 11.4 Å². The van der Waals surface area contributed by atoms with Crippen LogP contribution >= 0.6 is 11.3 Å². The van der Waals surface area contributed by atoms with Crippen molar-refractivity contribution in [2.75, 3.05) is 13.7 Å². The Morgan fingerprint density at radius 3 is 2.67 bits per heavy atom. The van der Waals surface area contributed by atoms with Crippen molar-refractivity contribution in [2.24, 2.45) is 0 Å². The first-order valence-electron chi connectivity index (χ1n) is 6.80. The van der Waals surface area contributed by atoms with E-state index in [1.807, 2.05) is 0 Å². The summed E-state index contributed by atoms with van der Waals surface area (Å²) in [5.41, 5.74) is 0.540. The summed E-state index contributed by atoms with van der Waals surface area (Å²) in [6, 6.07) is 4.75. The van der Waals surface area contributed by atoms with Gasteiger partial charge in [0.05, 0.1) is 7.11 Å². The monoisotopic (exact) mass is 309 g/mol. The molecule has 1 aromatic carbocycles. The molecule has 1 heterocycles. The fourth-order valence-corrected chi connectivity index (χ4v) is 2.67. The van der Waals surface area contributed by atoms with Crippen LogP contribution in [0.3, 0.4) is 0 Å². The number of hydrogen-bond acceptors (Lipinski definition) is 5. The normalized spacial score (nSPS) is 11.7. The lowest BCUT2D eigenvalue weighted by Gasteiger charge is -2.19. The molecule has 0 unspecified atom stereocenters. The summed E-state index contributed by atoms with van der Waals surface area (Å²) >= 11 is 1.42. The van der Waals surface area contributed by atoms with Crippen LogP contribution in [0, 0.1) is 5.82 Å². The van der Waals surface area contributed by atoms with Gasteiger partial charge in [-0.3, -0.25) is 0 Å². The minimum Gasteiger partial charge on any atom is -0.497 e. The van der Waals surface area contributed by atoms with Crippen LogP contribution in [0.2, 0.25) is 0 Å². The van der Waals surface area contributed by atoms with Crippen molar-refractivity contribution in [1.82, 2.24) is 15.5 Å². The molecule has 0 aliphatic heterocycles. The Balaban J connectivity index is 2.06. The molecular weight excluding hydrogens is 289 g/mol. The molecule has 0 atom stereocenters. The number of nitrogens with one attached hydrogen (secondary N) is 1. The number of methoxy groups -OCH3 is 1. The van der Waals surface area contributed by atoms with Crippen LogP contribution in [-0.4, -0.2) is 29.4 Å². The number of ether oxygens (including phenoxy) is 1. The number of aromatic nitrogens is 2. The van der Waals surface area contributed by atoms with E-state index in [0.717, 1.165) is 18.0 Å². The Bertz CT molecular complexity index is 607. The van der Waals surface area contributed by atoms with Crippen LogP contribution in [0.4, 0.5) is 4.39 Å². The quantitative estimate of drug-likeness (QED) is 0.921. The molecule has 0 aliphatic rings. The van der Waals surface area contributed by atoms with E-state index < -0.39 is 0 Å². The molecule has 0 fully saturated rings. The number of rotatable bonds is 5. The van der Waals surface area contributed by atoms with Gasteiger partial charge >= 0.3 is 0 Å². The minimum absolute atomic E-state index is 0.0790. The van der Waals surface area contributed by atoms with Crippen LogP contribution in [0.1, 0.15) is 25.8 Å². The Kier molecular flexibility index (Phi) is 4.90. The molecule has 0 spiro atoms. The first-order valence-corrected chi connectivity index (χ1v) is 7.62. The van der Waals surface area contributed by atoms with Gasteiger partial charge in [-0.1, -0.05) is 11.3 Å². The highest BCUT2D eigenvalue weighted by atomic mass is 32.1. The van der Waals surface area contributed by atoms with Gasteiger partial charge in [0, 0.05) is 30.1 Å². The standard InChI is InChI=1S/C15H20FN3OS/c1-15(2,3)17-8-7-13-18-19-14(21-13)11-6-5-10(20-4)9-12(11)16/h5-6,9,17H,7-8H2,1-4H3. The van der Waals surface area contributed by atoms with Gasteiger partial charge in [-0.25, -0.2) is 4.39 Å². The third-order valence-electron chi connectivity index (χ3n) is 2.87. The van der Waals surface area contributed by atoms with Crippen molar-refractivity contribution in [2.45, 2.75) is 32.7 Å². The average molecular weight is 309 g/mol. The lowest BCUT2D eigenvalue weighted by molar-refractivity contribution is 0.411. The SMILES string of the molecule is COc1ccc(-c2nnc(CCNC(C)(C)C)s2)c(F)c1. The second-order valence-electron chi connectivity index (χ2n) is 5.77. The maximum absolute atomic E-state index is 14.0. The maximum atomic E-state index is 14.0. The summed E-state index contributed by atoms with van der Waals surface area (Å²) in [5, 5.41) is 13.1. The van der Waals surface area contributed by atoms with E-state index in [9.17, 15) is 4.39 Å². The lowest BCUT2D eigenvalue weighted by Crippen LogP contribution is -2.37. The van der Waals surface area contributed by atoms with Gasteiger partial charge in [0.25, 0.3) is 0 Å². The van der Waals surface area contributed by atoms with E-state index in [1.165, 1.54) is 24.5 Å². The van der Waals surface area contributed by atoms with Gasteiger partial charge in [0.1, 0.15) is 16.6 Å².